The maximum absolute atomic E-state index is 12.9. The van der Waals surface area contributed by atoms with Crippen molar-refractivity contribution in [2.45, 2.75) is 32.3 Å². The van der Waals surface area contributed by atoms with Crippen LogP contribution in [0.4, 0.5) is 5.00 Å². The van der Waals surface area contributed by atoms with Crippen molar-refractivity contribution in [2.24, 2.45) is 0 Å². The number of rotatable bonds is 8. The van der Waals surface area contributed by atoms with E-state index in [0.717, 1.165) is 41.7 Å². The van der Waals surface area contributed by atoms with E-state index < -0.39 is 11.9 Å². The van der Waals surface area contributed by atoms with Crippen LogP contribution in [0, 0.1) is 22.7 Å². The van der Waals surface area contributed by atoms with Crippen LogP contribution >= 0.6 is 22.9 Å². The lowest BCUT2D eigenvalue weighted by Crippen LogP contribution is -2.13. The lowest BCUT2D eigenvalue weighted by atomic mass is 9.96. The van der Waals surface area contributed by atoms with Gasteiger partial charge in [0.1, 0.15) is 29.3 Å². The number of hydrogen-bond donors (Lipinski definition) is 2. The molecular formula is C28H22ClN3O5S. The van der Waals surface area contributed by atoms with Crippen LogP contribution in [0.3, 0.4) is 0 Å². The molecule has 0 spiro atoms. The first-order valence-electron chi connectivity index (χ1n) is 11.6. The monoisotopic (exact) mass is 547 g/mol. The molecule has 2 N–H and O–H groups in total. The van der Waals surface area contributed by atoms with Crippen LogP contribution in [0.1, 0.15) is 50.3 Å². The quantitative estimate of drug-likeness (QED) is 0.261. The van der Waals surface area contributed by atoms with Crippen LogP contribution in [0.2, 0.25) is 5.02 Å². The van der Waals surface area contributed by atoms with Gasteiger partial charge in [-0.15, -0.1) is 11.3 Å². The third-order valence-corrected chi connectivity index (χ3v) is 7.51. The molecule has 1 amide bonds. The molecule has 3 aromatic rings. The molecule has 0 bridgehead atoms. The topological polar surface area (TPSA) is 132 Å². The number of halogens is 1. The zero-order valence-corrected chi connectivity index (χ0v) is 21.9. The summed E-state index contributed by atoms with van der Waals surface area (Å²) in [4.78, 5) is 25.1. The van der Waals surface area contributed by atoms with Gasteiger partial charge in [0.15, 0.2) is 11.5 Å². The highest BCUT2D eigenvalue weighted by Gasteiger charge is 2.23. The van der Waals surface area contributed by atoms with Gasteiger partial charge in [0, 0.05) is 4.88 Å². The summed E-state index contributed by atoms with van der Waals surface area (Å²) in [6, 6.07) is 13.5. The summed E-state index contributed by atoms with van der Waals surface area (Å²) in [7, 11) is 1.44. The van der Waals surface area contributed by atoms with Gasteiger partial charge >= 0.3 is 5.97 Å². The van der Waals surface area contributed by atoms with Gasteiger partial charge < -0.3 is 19.9 Å². The fourth-order valence-corrected chi connectivity index (χ4v) is 5.63. The summed E-state index contributed by atoms with van der Waals surface area (Å²) < 4.78 is 11.2. The molecule has 0 radical (unpaired) electrons. The molecule has 4 rings (SSSR count). The summed E-state index contributed by atoms with van der Waals surface area (Å²) >= 11 is 7.84. The molecule has 0 saturated heterocycles. The van der Waals surface area contributed by atoms with Crippen molar-refractivity contribution in [3.8, 4) is 23.6 Å². The van der Waals surface area contributed by atoms with Crippen LogP contribution in [0.15, 0.2) is 42.0 Å². The van der Waals surface area contributed by atoms with Gasteiger partial charge in [0.05, 0.1) is 23.3 Å². The number of aryl methyl sites for hydroxylation is 1. The number of carbonyl (C=O) groups excluding carboxylic acids is 1. The Hall–Kier alpha value is -4.31. The standard InChI is InChI=1S/C28H22ClN3O5S/c1-36-23-12-17(11-22(29)25(23)37-15-16-6-8-18(9-7-16)28(34)35)10-19(13-30)26(33)32-27-21(14-31)20-4-2-3-5-24(20)38-27/h6-12H,2-5,15H2,1H3,(H,32,33)(H,34,35)/b19-10+. The van der Waals surface area contributed by atoms with Crippen molar-refractivity contribution in [3.63, 3.8) is 0 Å². The first-order chi connectivity index (χ1) is 18.3. The van der Waals surface area contributed by atoms with E-state index in [9.17, 15) is 20.1 Å². The number of nitriles is 2. The van der Waals surface area contributed by atoms with Gasteiger partial charge in [-0.05, 0) is 72.7 Å². The molecule has 2 aromatic carbocycles. The Morgan fingerprint density at radius 1 is 1.18 bits per heavy atom. The van der Waals surface area contributed by atoms with E-state index in [4.69, 9.17) is 26.2 Å². The van der Waals surface area contributed by atoms with E-state index in [1.165, 1.54) is 36.7 Å². The minimum Gasteiger partial charge on any atom is -0.493 e. The predicted octanol–water partition coefficient (Wildman–Crippen LogP) is 5.98. The normalized spacial score (nSPS) is 12.6. The number of nitrogens with one attached hydrogen (secondary N) is 1. The molecule has 1 aliphatic rings. The number of hydrogen-bond acceptors (Lipinski definition) is 7. The zero-order chi connectivity index (χ0) is 27.2. The van der Waals surface area contributed by atoms with Gasteiger partial charge in [-0.1, -0.05) is 23.7 Å². The second kappa shape index (κ2) is 11.8. The molecule has 0 saturated carbocycles. The third kappa shape index (κ3) is 5.81. The van der Waals surface area contributed by atoms with Crippen LogP contribution in [-0.4, -0.2) is 24.1 Å². The summed E-state index contributed by atoms with van der Waals surface area (Å²) in [5, 5.41) is 31.7. The third-order valence-electron chi connectivity index (χ3n) is 6.02. The number of carboxylic acid groups (broad SMARTS) is 1. The van der Waals surface area contributed by atoms with Gasteiger partial charge in [0.25, 0.3) is 5.91 Å². The molecule has 1 heterocycles. The fourth-order valence-electron chi connectivity index (χ4n) is 4.12. The van der Waals surface area contributed by atoms with Crippen LogP contribution in [-0.2, 0) is 24.2 Å². The molecule has 0 aliphatic heterocycles. The van der Waals surface area contributed by atoms with Crippen molar-refractivity contribution >= 4 is 45.9 Å². The highest BCUT2D eigenvalue weighted by atomic mass is 35.5. The number of carboxylic acids is 1. The Kier molecular flexibility index (Phi) is 8.32. The van der Waals surface area contributed by atoms with Gasteiger partial charge in [0.2, 0.25) is 0 Å². The van der Waals surface area contributed by atoms with Crippen LogP contribution < -0.4 is 14.8 Å². The predicted molar refractivity (Wildman–Crippen MR) is 144 cm³/mol. The number of anilines is 1. The smallest absolute Gasteiger partial charge is 0.335 e. The van der Waals surface area contributed by atoms with E-state index in [1.54, 1.807) is 24.3 Å². The number of fused-ring (bicyclic) bond motifs is 1. The molecule has 8 nitrogen and oxygen atoms in total. The Morgan fingerprint density at radius 2 is 1.92 bits per heavy atom. The molecule has 1 aliphatic carbocycles. The maximum Gasteiger partial charge on any atom is 0.335 e. The highest BCUT2D eigenvalue weighted by molar-refractivity contribution is 7.16. The molecule has 10 heteroatoms. The number of methoxy groups -OCH3 is 1. The average molecular weight is 548 g/mol. The van der Waals surface area contributed by atoms with Crippen LogP contribution in [0.5, 0.6) is 11.5 Å². The summed E-state index contributed by atoms with van der Waals surface area (Å²) in [6.45, 7) is 0.114. The summed E-state index contributed by atoms with van der Waals surface area (Å²) in [5.41, 5.74) is 2.65. The lowest BCUT2D eigenvalue weighted by molar-refractivity contribution is -0.112. The van der Waals surface area contributed by atoms with E-state index in [0.29, 0.717) is 21.9 Å². The minimum absolute atomic E-state index is 0.114. The number of nitrogens with zero attached hydrogens (tertiary/aromatic N) is 2. The summed E-state index contributed by atoms with van der Waals surface area (Å²) in [5.74, 6) is -1.08. The average Bonchev–Trinajstić information content (AvgIpc) is 3.27. The number of benzene rings is 2. The molecular weight excluding hydrogens is 526 g/mol. The largest absolute Gasteiger partial charge is 0.493 e. The van der Waals surface area contributed by atoms with Crippen molar-refractivity contribution in [1.82, 2.24) is 0 Å². The second-order valence-electron chi connectivity index (χ2n) is 8.48. The zero-order valence-electron chi connectivity index (χ0n) is 20.3. The SMILES string of the molecule is COc1cc(/C=C(\C#N)C(=O)Nc2sc3c(c2C#N)CCCC3)cc(Cl)c1OCc1ccc(C(=O)O)cc1. The highest BCUT2D eigenvalue weighted by Crippen LogP contribution is 2.39. The lowest BCUT2D eigenvalue weighted by Gasteiger charge is -2.14. The Morgan fingerprint density at radius 3 is 2.58 bits per heavy atom. The number of thiophene rings is 1. The molecule has 0 unspecified atom stereocenters. The van der Waals surface area contributed by atoms with E-state index in [1.807, 2.05) is 6.07 Å². The molecule has 0 fully saturated rings. The van der Waals surface area contributed by atoms with Crippen molar-refractivity contribution in [1.29, 1.82) is 10.5 Å². The van der Waals surface area contributed by atoms with E-state index >= 15 is 0 Å². The first-order valence-corrected chi connectivity index (χ1v) is 12.8. The maximum atomic E-state index is 12.9. The van der Waals surface area contributed by atoms with E-state index in [-0.39, 0.29) is 28.5 Å². The minimum atomic E-state index is -1.02. The van der Waals surface area contributed by atoms with Crippen LogP contribution in [0.25, 0.3) is 6.08 Å². The molecule has 0 atom stereocenters. The molecule has 1 aromatic heterocycles. The Bertz CT molecular complexity index is 1510. The number of aromatic carboxylic acids is 1. The van der Waals surface area contributed by atoms with Crippen molar-refractivity contribution in [3.05, 3.63) is 79.7 Å². The second-order valence-corrected chi connectivity index (χ2v) is 9.99. The van der Waals surface area contributed by atoms with E-state index in [2.05, 4.69) is 11.4 Å². The molecule has 38 heavy (non-hydrogen) atoms. The molecule has 192 valence electrons. The summed E-state index contributed by atoms with van der Waals surface area (Å²) in [6.07, 6.45) is 5.14. The Balaban J connectivity index is 1.53. The number of carbonyl (C=O) groups is 2. The van der Waals surface area contributed by atoms with Crippen molar-refractivity contribution < 1.29 is 24.2 Å². The fraction of sp³-hybridized carbons (Fsp3) is 0.214. The number of ether oxygens (including phenoxy) is 2. The first kappa shape index (κ1) is 26.7. The Labute approximate surface area is 228 Å². The number of amides is 1. The van der Waals surface area contributed by atoms with Gasteiger partial charge in [-0.3, -0.25) is 4.79 Å². The van der Waals surface area contributed by atoms with Crippen molar-refractivity contribution in [2.75, 3.05) is 12.4 Å². The van der Waals surface area contributed by atoms with Gasteiger partial charge in [-0.25, -0.2) is 4.79 Å². The van der Waals surface area contributed by atoms with Gasteiger partial charge in [-0.2, -0.15) is 10.5 Å².